The number of hydrogen-bond donors (Lipinski definition) is 1. The van der Waals surface area contributed by atoms with Crippen molar-refractivity contribution in [1.82, 2.24) is 5.32 Å². The molecule has 108 valence electrons. The molecule has 2 fully saturated rings. The molecular weight excluding hydrogens is 246 g/mol. The molecule has 1 aromatic carbocycles. The lowest BCUT2D eigenvalue weighted by atomic mass is 9.45. The Bertz CT molecular complexity index is 536. The Kier molecular flexibility index (Phi) is 2.69. The molecule has 2 bridgehead atoms. The van der Waals surface area contributed by atoms with Gasteiger partial charge in [0.2, 0.25) is 0 Å². The van der Waals surface area contributed by atoms with Crippen LogP contribution in [0.5, 0.6) is 5.75 Å². The number of piperidine rings is 1. The molecule has 0 spiro atoms. The summed E-state index contributed by atoms with van der Waals surface area (Å²) >= 11 is 0. The first-order valence-corrected chi connectivity index (χ1v) is 8.10. The van der Waals surface area contributed by atoms with E-state index >= 15 is 0 Å². The van der Waals surface area contributed by atoms with Crippen LogP contribution in [-0.2, 0) is 11.8 Å². The lowest BCUT2D eigenvalue weighted by Crippen LogP contribution is -2.65. The fourth-order valence-corrected chi connectivity index (χ4v) is 5.45. The van der Waals surface area contributed by atoms with E-state index in [2.05, 4.69) is 30.4 Å². The van der Waals surface area contributed by atoms with Gasteiger partial charge in [0.25, 0.3) is 0 Å². The first kappa shape index (κ1) is 12.7. The first-order valence-electron chi connectivity index (χ1n) is 8.10. The minimum absolute atomic E-state index is 0.392. The van der Waals surface area contributed by atoms with E-state index in [4.69, 9.17) is 4.74 Å². The smallest absolute Gasteiger partial charge is 0.119 e. The lowest BCUT2D eigenvalue weighted by Gasteiger charge is -2.62. The molecule has 0 radical (unpaired) electrons. The molecule has 3 aliphatic rings. The van der Waals surface area contributed by atoms with Gasteiger partial charge in [-0.1, -0.05) is 25.8 Å². The number of fused-ring (bicyclic) bond motifs is 1. The minimum atomic E-state index is 0.392. The van der Waals surface area contributed by atoms with Crippen molar-refractivity contribution in [3.8, 4) is 5.75 Å². The fourth-order valence-electron chi connectivity index (χ4n) is 5.45. The normalized spacial score (nSPS) is 38.8. The molecule has 2 aliphatic carbocycles. The molecule has 1 heterocycles. The highest BCUT2D eigenvalue weighted by molar-refractivity contribution is 5.47. The fraction of sp³-hybridized carbons (Fsp3) is 0.667. The van der Waals surface area contributed by atoms with Gasteiger partial charge in [-0.05, 0) is 60.9 Å². The summed E-state index contributed by atoms with van der Waals surface area (Å²) in [5.74, 6) is 1.03. The predicted octanol–water partition coefficient (Wildman–Crippen LogP) is 3.43. The van der Waals surface area contributed by atoms with Crippen LogP contribution in [0.4, 0.5) is 0 Å². The van der Waals surface area contributed by atoms with Gasteiger partial charge >= 0.3 is 0 Å². The summed E-state index contributed by atoms with van der Waals surface area (Å²) < 4.78 is 5.51. The van der Waals surface area contributed by atoms with Crippen molar-refractivity contribution in [2.45, 2.75) is 56.9 Å². The Labute approximate surface area is 121 Å². The molecule has 1 aromatic rings. The summed E-state index contributed by atoms with van der Waals surface area (Å²) in [6.45, 7) is 3.72. The number of nitrogens with one attached hydrogen (secondary N) is 1. The standard InChI is InChI=1S/C18H25NO/c1-17-7-3-4-8-18(17)9-10-19-16(17)11-13-5-6-14(20-2)12-15(13)18/h5-6,12,16,19H,3-4,7-11H2,1-2H3/t16-,17+,18+/m1/s1. The van der Waals surface area contributed by atoms with Crippen molar-refractivity contribution in [3.05, 3.63) is 29.3 Å². The second kappa shape index (κ2) is 4.24. The van der Waals surface area contributed by atoms with Crippen LogP contribution in [0.2, 0.25) is 0 Å². The predicted molar refractivity (Wildman–Crippen MR) is 81.4 cm³/mol. The van der Waals surface area contributed by atoms with E-state index in [1.807, 2.05) is 0 Å². The molecule has 0 aromatic heterocycles. The van der Waals surface area contributed by atoms with Crippen LogP contribution in [-0.4, -0.2) is 19.7 Å². The van der Waals surface area contributed by atoms with Crippen molar-refractivity contribution in [3.63, 3.8) is 0 Å². The third kappa shape index (κ3) is 1.43. The van der Waals surface area contributed by atoms with E-state index in [9.17, 15) is 0 Å². The average Bonchev–Trinajstić information content (AvgIpc) is 2.46. The minimum Gasteiger partial charge on any atom is -0.497 e. The summed E-state index contributed by atoms with van der Waals surface area (Å²) in [6, 6.07) is 7.46. The number of hydrogen-bond acceptors (Lipinski definition) is 2. The van der Waals surface area contributed by atoms with Crippen LogP contribution in [0.1, 0.15) is 50.2 Å². The summed E-state index contributed by atoms with van der Waals surface area (Å²) in [4.78, 5) is 0. The molecule has 2 nitrogen and oxygen atoms in total. The van der Waals surface area contributed by atoms with Gasteiger partial charge in [0.05, 0.1) is 7.11 Å². The average molecular weight is 271 g/mol. The molecule has 1 saturated carbocycles. The van der Waals surface area contributed by atoms with Crippen molar-refractivity contribution in [2.75, 3.05) is 13.7 Å². The summed E-state index contributed by atoms with van der Waals surface area (Å²) in [7, 11) is 1.79. The Morgan fingerprint density at radius 1 is 1.20 bits per heavy atom. The third-order valence-electron chi connectivity index (χ3n) is 6.61. The Balaban J connectivity index is 1.93. The molecule has 20 heavy (non-hydrogen) atoms. The van der Waals surface area contributed by atoms with Crippen LogP contribution in [0.15, 0.2) is 18.2 Å². The Morgan fingerprint density at radius 3 is 2.90 bits per heavy atom. The molecule has 1 N–H and O–H groups in total. The van der Waals surface area contributed by atoms with Gasteiger partial charge in [0, 0.05) is 11.5 Å². The van der Waals surface area contributed by atoms with Crippen LogP contribution in [0.3, 0.4) is 0 Å². The van der Waals surface area contributed by atoms with Gasteiger partial charge in [-0.3, -0.25) is 0 Å². The van der Waals surface area contributed by atoms with E-state index < -0.39 is 0 Å². The zero-order valence-corrected chi connectivity index (χ0v) is 12.7. The monoisotopic (exact) mass is 271 g/mol. The van der Waals surface area contributed by atoms with Gasteiger partial charge in [-0.25, -0.2) is 0 Å². The number of rotatable bonds is 1. The zero-order valence-electron chi connectivity index (χ0n) is 12.7. The number of methoxy groups -OCH3 is 1. The lowest BCUT2D eigenvalue weighted by molar-refractivity contribution is -0.0141. The van der Waals surface area contributed by atoms with Crippen LogP contribution < -0.4 is 10.1 Å². The first-order chi connectivity index (χ1) is 9.69. The largest absolute Gasteiger partial charge is 0.497 e. The van der Waals surface area contributed by atoms with Crippen molar-refractivity contribution in [1.29, 1.82) is 0 Å². The summed E-state index contributed by atoms with van der Waals surface area (Å²) in [6.07, 6.45) is 8.01. The quantitative estimate of drug-likeness (QED) is 0.845. The van der Waals surface area contributed by atoms with Gasteiger partial charge in [-0.2, -0.15) is 0 Å². The van der Waals surface area contributed by atoms with Crippen LogP contribution >= 0.6 is 0 Å². The summed E-state index contributed by atoms with van der Waals surface area (Å²) in [5.41, 5.74) is 3.99. The van der Waals surface area contributed by atoms with E-state index in [1.165, 1.54) is 45.1 Å². The number of ether oxygens (including phenoxy) is 1. The van der Waals surface area contributed by atoms with E-state index in [0.29, 0.717) is 16.9 Å². The maximum atomic E-state index is 5.51. The highest BCUT2D eigenvalue weighted by atomic mass is 16.5. The van der Waals surface area contributed by atoms with Crippen LogP contribution in [0.25, 0.3) is 0 Å². The molecule has 2 heteroatoms. The molecule has 3 atom stereocenters. The van der Waals surface area contributed by atoms with Crippen molar-refractivity contribution >= 4 is 0 Å². The maximum absolute atomic E-state index is 5.51. The molecule has 4 rings (SSSR count). The Hall–Kier alpha value is -1.02. The Morgan fingerprint density at radius 2 is 2.05 bits per heavy atom. The molecule has 1 aliphatic heterocycles. The third-order valence-corrected chi connectivity index (χ3v) is 6.61. The van der Waals surface area contributed by atoms with Gasteiger partial charge in [0.15, 0.2) is 0 Å². The van der Waals surface area contributed by atoms with Gasteiger partial charge < -0.3 is 10.1 Å². The SMILES string of the molecule is COc1ccc2c(c1)[C@@]13CCCC[C@@]1(C)[C@@H](C2)NCC3. The van der Waals surface area contributed by atoms with Crippen molar-refractivity contribution < 1.29 is 4.74 Å². The second-order valence-electron chi connectivity index (χ2n) is 7.19. The molecule has 0 amide bonds. The molecule has 1 saturated heterocycles. The van der Waals surface area contributed by atoms with Gasteiger partial charge in [0.1, 0.15) is 5.75 Å². The maximum Gasteiger partial charge on any atom is 0.119 e. The van der Waals surface area contributed by atoms with Gasteiger partial charge in [-0.15, -0.1) is 0 Å². The van der Waals surface area contributed by atoms with Crippen molar-refractivity contribution in [2.24, 2.45) is 5.41 Å². The topological polar surface area (TPSA) is 21.3 Å². The number of benzene rings is 1. The molecule has 0 unspecified atom stereocenters. The molecular formula is C18H25NO. The van der Waals surface area contributed by atoms with Crippen LogP contribution in [0, 0.1) is 5.41 Å². The highest BCUT2D eigenvalue weighted by Crippen LogP contribution is 2.61. The second-order valence-corrected chi connectivity index (χ2v) is 7.19. The van der Waals surface area contributed by atoms with E-state index in [-0.39, 0.29) is 0 Å². The zero-order chi connectivity index (χ0) is 13.8. The van der Waals surface area contributed by atoms with E-state index in [0.717, 1.165) is 5.75 Å². The summed E-state index contributed by atoms with van der Waals surface area (Å²) in [5, 5.41) is 3.82. The highest BCUT2D eigenvalue weighted by Gasteiger charge is 2.59. The van der Waals surface area contributed by atoms with E-state index in [1.54, 1.807) is 18.2 Å².